The Morgan fingerprint density at radius 2 is 2.00 bits per heavy atom. The van der Waals surface area contributed by atoms with Gasteiger partial charge in [-0.1, -0.05) is 6.07 Å². The van der Waals surface area contributed by atoms with E-state index >= 15 is 0 Å². The van der Waals surface area contributed by atoms with Gasteiger partial charge in [-0.3, -0.25) is 14.6 Å². The molecule has 168 valence electrons. The first kappa shape index (κ1) is 21.1. The quantitative estimate of drug-likeness (QED) is 0.416. The van der Waals surface area contributed by atoms with Gasteiger partial charge in [0.15, 0.2) is 6.61 Å². The number of hydrogen-bond acceptors (Lipinski definition) is 7. The molecule has 0 saturated heterocycles. The Kier molecular flexibility index (Phi) is 5.57. The van der Waals surface area contributed by atoms with Crippen LogP contribution in [0.5, 0.6) is 5.75 Å². The normalized spacial score (nSPS) is 12.2. The van der Waals surface area contributed by atoms with Crippen molar-refractivity contribution < 1.29 is 14.3 Å². The van der Waals surface area contributed by atoms with Crippen molar-refractivity contribution in [3.63, 3.8) is 0 Å². The largest absolute Gasteiger partial charge is 0.482 e. The molecule has 4 aromatic rings. The van der Waals surface area contributed by atoms with E-state index in [2.05, 4.69) is 30.9 Å². The second kappa shape index (κ2) is 8.99. The van der Waals surface area contributed by atoms with Gasteiger partial charge in [-0.25, -0.2) is 9.97 Å². The maximum atomic E-state index is 12.9. The highest BCUT2D eigenvalue weighted by molar-refractivity contribution is 6.05. The van der Waals surface area contributed by atoms with Crippen LogP contribution >= 0.6 is 0 Å². The number of carbonyl (C=O) groups is 2. The van der Waals surface area contributed by atoms with E-state index in [4.69, 9.17) is 4.74 Å². The van der Waals surface area contributed by atoms with E-state index in [1.54, 1.807) is 48.9 Å². The zero-order chi connectivity index (χ0) is 23.5. The van der Waals surface area contributed by atoms with Gasteiger partial charge in [-0.05, 0) is 55.0 Å². The van der Waals surface area contributed by atoms with Crippen LogP contribution in [0, 0.1) is 6.92 Å². The molecule has 9 heteroatoms. The van der Waals surface area contributed by atoms with Crippen molar-refractivity contribution in [1.82, 2.24) is 15.0 Å². The molecule has 1 aliphatic rings. The number of ether oxygens (including phenoxy) is 1. The van der Waals surface area contributed by atoms with Gasteiger partial charge in [-0.2, -0.15) is 0 Å². The van der Waals surface area contributed by atoms with Crippen molar-refractivity contribution in [1.29, 1.82) is 0 Å². The Bertz CT molecular complexity index is 1390. The molecule has 34 heavy (non-hydrogen) atoms. The Morgan fingerprint density at radius 1 is 1.09 bits per heavy atom. The number of nitrogens with zero attached hydrogens (tertiary/aromatic N) is 3. The Labute approximate surface area is 195 Å². The summed E-state index contributed by atoms with van der Waals surface area (Å²) in [6.45, 7) is 1.88. The van der Waals surface area contributed by atoms with Crippen molar-refractivity contribution in [3.8, 4) is 17.0 Å². The summed E-state index contributed by atoms with van der Waals surface area (Å²) in [6, 6.07) is 16.0. The molecule has 0 saturated carbocycles. The average Bonchev–Trinajstić information content (AvgIpc) is 2.86. The first-order valence-corrected chi connectivity index (χ1v) is 10.5. The Morgan fingerprint density at radius 3 is 2.85 bits per heavy atom. The molecule has 2 aromatic carbocycles. The molecule has 0 aliphatic carbocycles. The molecule has 2 amide bonds. The van der Waals surface area contributed by atoms with E-state index in [9.17, 15) is 9.59 Å². The van der Waals surface area contributed by atoms with Crippen LogP contribution in [0.2, 0.25) is 0 Å². The maximum absolute atomic E-state index is 12.9. The number of fused-ring (bicyclic) bond motifs is 1. The molecule has 0 radical (unpaired) electrons. The van der Waals surface area contributed by atoms with Gasteiger partial charge in [0.2, 0.25) is 5.95 Å². The third kappa shape index (κ3) is 4.53. The number of pyridine rings is 1. The Balaban J connectivity index is 1.34. The topological polar surface area (TPSA) is 118 Å². The van der Waals surface area contributed by atoms with Crippen LogP contribution in [-0.2, 0) is 4.79 Å². The smallest absolute Gasteiger partial charge is 0.262 e. The number of carbonyl (C=O) groups excluding carboxylic acids is 2. The van der Waals surface area contributed by atoms with Gasteiger partial charge < -0.3 is 20.7 Å². The number of anilines is 4. The highest BCUT2D eigenvalue weighted by Gasteiger charge is 2.17. The molecule has 0 atom stereocenters. The first-order chi connectivity index (χ1) is 16.5. The average molecular weight is 452 g/mol. The third-order valence-corrected chi connectivity index (χ3v) is 5.23. The number of nitrogens with one attached hydrogen (secondary N) is 3. The molecule has 3 heterocycles. The molecule has 9 nitrogen and oxygen atoms in total. The molecule has 2 aromatic heterocycles. The lowest BCUT2D eigenvalue weighted by molar-refractivity contribution is -0.118. The molecule has 0 bridgehead atoms. The van der Waals surface area contributed by atoms with Gasteiger partial charge in [0.25, 0.3) is 11.8 Å². The van der Waals surface area contributed by atoms with Crippen LogP contribution in [0.4, 0.5) is 23.0 Å². The zero-order valence-corrected chi connectivity index (χ0v) is 18.2. The predicted molar refractivity (Wildman–Crippen MR) is 128 cm³/mol. The summed E-state index contributed by atoms with van der Waals surface area (Å²) in [6.07, 6.45) is 5.12. The first-order valence-electron chi connectivity index (χ1n) is 10.5. The fraction of sp³-hybridized carbons (Fsp3) is 0.0800. The number of benzene rings is 2. The van der Waals surface area contributed by atoms with Crippen molar-refractivity contribution in [2.45, 2.75) is 6.92 Å². The fourth-order valence-corrected chi connectivity index (χ4v) is 3.47. The number of amides is 2. The van der Waals surface area contributed by atoms with Crippen LogP contribution in [0.1, 0.15) is 15.9 Å². The number of aryl methyl sites for hydroxylation is 1. The molecule has 0 spiro atoms. The van der Waals surface area contributed by atoms with Crippen molar-refractivity contribution in [3.05, 3.63) is 84.3 Å². The number of rotatable bonds is 5. The zero-order valence-electron chi connectivity index (χ0n) is 18.2. The second-order valence-corrected chi connectivity index (χ2v) is 7.66. The van der Waals surface area contributed by atoms with Gasteiger partial charge in [-0.15, -0.1) is 0 Å². The summed E-state index contributed by atoms with van der Waals surface area (Å²) in [5.41, 5.74) is 4.86. The summed E-state index contributed by atoms with van der Waals surface area (Å²) < 4.78 is 5.42. The standard InChI is InChI=1S/C25H20N6O3/c1-15-4-5-16(24(33)28-18-6-7-20-22(12-18)34-14-23(32)29-20)11-21(15)31-25-27-10-8-19(30-25)17-3-2-9-26-13-17/h2-13H,14H2,1H3,(H,28,33)(H,29,32)(H,27,30,31). The van der Waals surface area contributed by atoms with Crippen LogP contribution in [-0.4, -0.2) is 33.4 Å². The summed E-state index contributed by atoms with van der Waals surface area (Å²) in [4.78, 5) is 37.3. The van der Waals surface area contributed by atoms with Crippen molar-refractivity contribution in [2.75, 3.05) is 22.6 Å². The minimum absolute atomic E-state index is 0.0541. The molecule has 5 rings (SSSR count). The van der Waals surface area contributed by atoms with E-state index < -0.39 is 0 Å². The van der Waals surface area contributed by atoms with Gasteiger partial charge in [0.05, 0.1) is 11.4 Å². The minimum atomic E-state index is -0.284. The van der Waals surface area contributed by atoms with Gasteiger partial charge in [0.1, 0.15) is 5.75 Å². The summed E-state index contributed by atoms with van der Waals surface area (Å²) in [7, 11) is 0. The maximum Gasteiger partial charge on any atom is 0.262 e. The van der Waals surface area contributed by atoms with E-state index in [-0.39, 0.29) is 18.4 Å². The lowest BCUT2D eigenvalue weighted by Gasteiger charge is -2.18. The number of aromatic nitrogens is 3. The molecular weight excluding hydrogens is 432 g/mol. The highest BCUT2D eigenvalue weighted by Crippen LogP contribution is 2.31. The summed E-state index contributed by atoms with van der Waals surface area (Å²) in [5, 5.41) is 8.79. The second-order valence-electron chi connectivity index (χ2n) is 7.66. The Hall–Kier alpha value is -4.79. The van der Waals surface area contributed by atoms with E-state index in [0.717, 1.165) is 16.8 Å². The fourth-order valence-electron chi connectivity index (χ4n) is 3.47. The molecule has 0 fully saturated rings. The van der Waals surface area contributed by atoms with Crippen LogP contribution in [0.25, 0.3) is 11.3 Å². The minimum Gasteiger partial charge on any atom is -0.482 e. The van der Waals surface area contributed by atoms with Gasteiger partial charge in [0, 0.05) is 47.2 Å². The van der Waals surface area contributed by atoms with Crippen molar-refractivity contribution in [2.24, 2.45) is 0 Å². The van der Waals surface area contributed by atoms with E-state index in [0.29, 0.717) is 34.3 Å². The SMILES string of the molecule is Cc1ccc(C(=O)Nc2ccc3c(c2)OCC(=O)N3)cc1Nc1nccc(-c2cccnc2)n1. The van der Waals surface area contributed by atoms with Gasteiger partial charge >= 0.3 is 0 Å². The third-order valence-electron chi connectivity index (χ3n) is 5.23. The van der Waals surface area contributed by atoms with Crippen LogP contribution in [0.3, 0.4) is 0 Å². The highest BCUT2D eigenvalue weighted by atomic mass is 16.5. The van der Waals surface area contributed by atoms with Crippen molar-refractivity contribution >= 4 is 34.8 Å². The van der Waals surface area contributed by atoms with Crippen LogP contribution < -0.4 is 20.7 Å². The van der Waals surface area contributed by atoms with Crippen LogP contribution in [0.15, 0.2) is 73.2 Å². The monoisotopic (exact) mass is 452 g/mol. The molecule has 1 aliphatic heterocycles. The number of hydrogen-bond donors (Lipinski definition) is 3. The lowest BCUT2D eigenvalue weighted by Crippen LogP contribution is -2.25. The van der Waals surface area contributed by atoms with E-state index in [1.807, 2.05) is 31.2 Å². The summed E-state index contributed by atoms with van der Waals surface area (Å²) in [5.74, 6) is 0.428. The van der Waals surface area contributed by atoms with E-state index in [1.165, 1.54) is 0 Å². The molecule has 3 N–H and O–H groups in total. The summed E-state index contributed by atoms with van der Waals surface area (Å²) >= 11 is 0. The molecular formula is C25H20N6O3. The molecule has 0 unspecified atom stereocenters. The predicted octanol–water partition coefficient (Wildman–Crippen LogP) is 4.17. The lowest BCUT2D eigenvalue weighted by atomic mass is 10.1.